The van der Waals surface area contributed by atoms with Crippen LogP contribution in [-0.2, 0) is 22.6 Å². The van der Waals surface area contributed by atoms with Gasteiger partial charge in [-0.15, -0.1) is 0 Å². The number of carbonyl (C=O) groups excluding carboxylic acids is 2. The fourth-order valence-corrected chi connectivity index (χ4v) is 2.84. The standard InChI is InChI=1S/C18H18FN3O2/c19-15-5-1-3-14(7-15)11-22-12-16(9-18(22)24)21-17(23)8-13-4-2-6-20-10-13/h1-7,10,16H,8-9,11-12H2,(H,21,23). The van der Waals surface area contributed by atoms with Gasteiger partial charge in [-0.1, -0.05) is 18.2 Å². The third-order valence-electron chi connectivity index (χ3n) is 3.93. The van der Waals surface area contributed by atoms with Gasteiger partial charge in [-0.3, -0.25) is 14.6 Å². The van der Waals surface area contributed by atoms with Crippen LogP contribution >= 0.6 is 0 Å². The monoisotopic (exact) mass is 327 g/mol. The lowest BCUT2D eigenvalue weighted by Gasteiger charge is -2.17. The van der Waals surface area contributed by atoms with Gasteiger partial charge in [0, 0.05) is 31.9 Å². The van der Waals surface area contributed by atoms with Crippen LogP contribution in [0.3, 0.4) is 0 Å². The number of nitrogens with one attached hydrogen (secondary N) is 1. The van der Waals surface area contributed by atoms with Gasteiger partial charge < -0.3 is 10.2 Å². The number of nitrogens with zero attached hydrogens (tertiary/aromatic N) is 2. The van der Waals surface area contributed by atoms with Gasteiger partial charge in [0.05, 0.1) is 12.5 Å². The van der Waals surface area contributed by atoms with E-state index in [1.54, 1.807) is 35.5 Å². The van der Waals surface area contributed by atoms with E-state index >= 15 is 0 Å². The Labute approximate surface area is 139 Å². The Kier molecular flexibility index (Phi) is 4.84. The van der Waals surface area contributed by atoms with Gasteiger partial charge in [0.2, 0.25) is 11.8 Å². The van der Waals surface area contributed by atoms with E-state index in [0.717, 1.165) is 11.1 Å². The van der Waals surface area contributed by atoms with Crippen molar-refractivity contribution in [3.63, 3.8) is 0 Å². The van der Waals surface area contributed by atoms with Crippen molar-refractivity contribution in [2.45, 2.75) is 25.4 Å². The Hall–Kier alpha value is -2.76. The number of likely N-dealkylation sites (tertiary alicyclic amines) is 1. The lowest BCUT2D eigenvalue weighted by atomic mass is 10.2. The third kappa shape index (κ3) is 4.16. The van der Waals surface area contributed by atoms with Gasteiger partial charge in [0.25, 0.3) is 0 Å². The minimum Gasteiger partial charge on any atom is -0.351 e. The van der Waals surface area contributed by atoms with Crippen molar-refractivity contribution in [3.05, 3.63) is 65.7 Å². The predicted molar refractivity (Wildman–Crippen MR) is 86.3 cm³/mol. The van der Waals surface area contributed by atoms with Crippen molar-refractivity contribution in [1.82, 2.24) is 15.2 Å². The minimum absolute atomic E-state index is 0.0362. The quantitative estimate of drug-likeness (QED) is 0.909. The molecule has 124 valence electrons. The predicted octanol–water partition coefficient (Wildman–Crippen LogP) is 1.68. The number of pyridine rings is 1. The first kappa shape index (κ1) is 16.1. The molecule has 1 fully saturated rings. The molecule has 0 saturated carbocycles. The van der Waals surface area contributed by atoms with E-state index in [2.05, 4.69) is 10.3 Å². The fourth-order valence-electron chi connectivity index (χ4n) is 2.84. The summed E-state index contributed by atoms with van der Waals surface area (Å²) in [6.45, 7) is 0.791. The highest BCUT2D eigenvalue weighted by Gasteiger charge is 2.30. The maximum absolute atomic E-state index is 13.2. The van der Waals surface area contributed by atoms with Crippen molar-refractivity contribution < 1.29 is 14.0 Å². The molecule has 2 amide bonds. The molecule has 24 heavy (non-hydrogen) atoms. The fraction of sp³-hybridized carbons (Fsp3) is 0.278. The summed E-state index contributed by atoms with van der Waals surface area (Å²) in [4.78, 5) is 29.8. The second-order valence-corrected chi connectivity index (χ2v) is 5.91. The Morgan fingerprint density at radius 1 is 1.29 bits per heavy atom. The van der Waals surface area contributed by atoms with Crippen molar-refractivity contribution in [2.75, 3.05) is 6.54 Å². The lowest BCUT2D eigenvalue weighted by molar-refractivity contribution is -0.128. The number of aromatic nitrogens is 1. The second kappa shape index (κ2) is 7.21. The summed E-state index contributed by atoms with van der Waals surface area (Å²) in [7, 11) is 0. The first-order valence-electron chi connectivity index (χ1n) is 7.80. The molecule has 2 heterocycles. The molecule has 0 spiro atoms. The number of carbonyl (C=O) groups is 2. The summed E-state index contributed by atoms with van der Waals surface area (Å²) >= 11 is 0. The zero-order valence-electron chi connectivity index (χ0n) is 13.1. The van der Waals surface area contributed by atoms with E-state index in [1.165, 1.54) is 12.1 Å². The van der Waals surface area contributed by atoms with E-state index in [-0.39, 0.29) is 36.5 Å². The smallest absolute Gasteiger partial charge is 0.225 e. The van der Waals surface area contributed by atoms with Gasteiger partial charge in [0.15, 0.2) is 0 Å². The van der Waals surface area contributed by atoms with Crippen LogP contribution < -0.4 is 5.32 Å². The molecule has 1 unspecified atom stereocenters. The van der Waals surface area contributed by atoms with E-state index in [0.29, 0.717) is 13.1 Å². The number of hydrogen-bond acceptors (Lipinski definition) is 3. The van der Waals surface area contributed by atoms with E-state index in [1.807, 2.05) is 6.07 Å². The largest absolute Gasteiger partial charge is 0.351 e. The Bertz CT molecular complexity index is 736. The summed E-state index contributed by atoms with van der Waals surface area (Å²) in [5.41, 5.74) is 1.57. The Morgan fingerprint density at radius 3 is 2.88 bits per heavy atom. The zero-order chi connectivity index (χ0) is 16.9. The Balaban J connectivity index is 1.53. The van der Waals surface area contributed by atoms with Gasteiger partial charge in [0.1, 0.15) is 5.82 Å². The van der Waals surface area contributed by atoms with E-state index < -0.39 is 0 Å². The third-order valence-corrected chi connectivity index (χ3v) is 3.93. The second-order valence-electron chi connectivity index (χ2n) is 5.91. The first-order valence-corrected chi connectivity index (χ1v) is 7.80. The molecule has 1 atom stereocenters. The van der Waals surface area contributed by atoms with Gasteiger partial charge in [-0.05, 0) is 29.3 Å². The molecule has 1 aromatic carbocycles. The average molecular weight is 327 g/mol. The molecule has 3 rings (SSSR count). The molecular formula is C18H18FN3O2. The van der Waals surface area contributed by atoms with Crippen LogP contribution in [0.15, 0.2) is 48.8 Å². The van der Waals surface area contributed by atoms with Crippen LogP contribution in [-0.4, -0.2) is 34.3 Å². The highest BCUT2D eigenvalue weighted by Crippen LogP contribution is 2.16. The van der Waals surface area contributed by atoms with Crippen molar-refractivity contribution in [3.8, 4) is 0 Å². The highest BCUT2D eigenvalue weighted by molar-refractivity contribution is 5.83. The van der Waals surface area contributed by atoms with E-state index in [4.69, 9.17) is 0 Å². The number of hydrogen-bond donors (Lipinski definition) is 1. The number of benzene rings is 1. The summed E-state index contributed by atoms with van der Waals surface area (Å²) < 4.78 is 13.2. The zero-order valence-corrected chi connectivity index (χ0v) is 13.1. The SMILES string of the molecule is O=C(Cc1cccnc1)NC1CC(=O)N(Cc2cccc(F)c2)C1. The van der Waals surface area contributed by atoms with Crippen LogP contribution in [0.4, 0.5) is 4.39 Å². The minimum atomic E-state index is -0.319. The lowest BCUT2D eigenvalue weighted by Crippen LogP contribution is -2.37. The molecule has 1 aromatic heterocycles. The molecule has 5 nitrogen and oxygen atoms in total. The highest BCUT2D eigenvalue weighted by atomic mass is 19.1. The maximum Gasteiger partial charge on any atom is 0.225 e. The van der Waals surface area contributed by atoms with Crippen molar-refractivity contribution in [1.29, 1.82) is 0 Å². The van der Waals surface area contributed by atoms with Crippen LogP contribution in [0, 0.1) is 5.82 Å². The molecule has 1 aliphatic heterocycles. The van der Waals surface area contributed by atoms with Gasteiger partial charge >= 0.3 is 0 Å². The number of amides is 2. The molecule has 0 bridgehead atoms. The molecule has 1 saturated heterocycles. The summed E-state index contributed by atoms with van der Waals surface area (Å²) in [5, 5.41) is 2.88. The Morgan fingerprint density at radius 2 is 2.12 bits per heavy atom. The van der Waals surface area contributed by atoms with Crippen LogP contribution in [0.25, 0.3) is 0 Å². The summed E-state index contributed by atoms with van der Waals surface area (Å²) in [6, 6.07) is 9.60. The van der Waals surface area contributed by atoms with E-state index in [9.17, 15) is 14.0 Å². The maximum atomic E-state index is 13.2. The number of rotatable bonds is 5. The first-order chi connectivity index (χ1) is 11.6. The number of halogens is 1. The van der Waals surface area contributed by atoms with Gasteiger partial charge in [-0.2, -0.15) is 0 Å². The van der Waals surface area contributed by atoms with Crippen LogP contribution in [0.5, 0.6) is 0 Å². The normalized spacial score (nSPS) is 17.1. The van der Waals surface area contributed by atoms with Crippen molar-refractivity contribution >= 4 is 11.8 Å². The van der Waals surface area contributed by atoms with Gasteiger partial charge in [-0.25, -0.2) is 4.39 Å². The summed E-state index contributed by atoms with van der Waals surface area (Å²) in [6.07, 6.45) is 3.81. The topological polar surface area (TPSA) is 62.3 Å². The average Bonchev–Trinajstić information content (AvgIpc) is 2.87. The molecule has 0 aliphatic carbocycles. The van der Waals surface area contributed by atoms with Crippen molar-refractivity contribution in [2.24, 2.45) is 0 Å². The molecule has 1 N–H and O–H groups in total. The van der Waals surface area contributed by atoms with Crippen LogP contribution in [0.2, 0.25) is 0 Å². The van der Waals surface area contributed by atoms with Crippen LogP contribution in [0.1, 0.15) is 17.5 Å². The molecular weight excluding hydrogens is 309 g/mol. The molecule has 1 aliphatic rings. The molecule has 0 radical (unpaired) electrons. The summed E-state index contributed by atoms with van der Waals surface area (Å²) in [5.74, 6) is -0.486. The molecule has 2 aromatic rings. The molecule has 6 heteroatoms.